The molecule has 2 fully saturated rings. The summed E-state index contributed by atoms with van der Waals surface area (Å²) in [5.74, 6) is 1.42. The molecule has 164 valence electrons. The second kappa shape index (κ2) is 10.7. The molecule has 3 atom stereocenters. The van der Waals surface area contributed by atoms with Gasteiger partial charge >= 0.3 is 11.3 Å². The van der Waals surface area contributed by atoms with Crippen LogP contribution >= 0.6 is 0 Å². The van der Waals surface area contributed by atoms with Crippen LogP contribution in [-0.2, 0) is 14.9 Å². The summed E-state index contributed by atoms with van der Waals surface area (Å²) in [6.07, 6.45) is 9.42. The first-order valence-corrected chi connectivity index (χ1v) is 11.9. The Morgan fingerprint density at radius 2 is 1.61 bits per heavy atom. The number of nitrogens with one attached hydrogen (secondary N) is 1. The van der Waals surface area contributed by atoms with E-state index < -0.39 is 21.8 Å². The first-order valence-electron chi connectivity index (χ1n) is 10.5. The number of hydrogen-bond donors (Lipinski definition) is 1. The van der Waals surface area contributed by atoms with Gasteiger partial charge in [0.25, 0.3) is 0 Å². The predicted molar refractivity (Wildman–Crippen MR) is 99.9 cm³/mol. The fourth-order valence-corrected chi connectivity index (χ4v) is 4.79. The third kappa shape index (κ3) is 7.46. The Balaban J connectivity index is 1.36. The molecule has 0 aromatic rings. The monoisotopic (exact) mass is 424 g/mol. The van der Waals surface area contributed by atoms with Crippen LogP contribution in [0.4, 0.5) is 13.6 Å². The SMILES string of the molecule is O=C(NC1CC2CCC1C2)OCCCCCCCCCCC(F)(F)S(=O)(=O)[O-]. The average Bonchev–Trinajstić information content (AvgIpc) is 3.21. The number of carbonyl (C=O) groups excluding carboxylic acids is 1. The summed E-state index contributed by atoms with van der Waals surface area (Å²) in [7, 11) is -5.55. The summed E-state index contributed by atoms with van der Waals surface area (Å²) in [5.41, 5.74) is 0. The Morgan fingerprint density at radius 3 is 2.14 bits per heavy atom. The maximum absolute atomic E-state index is 12.9. The minimum Gasteiger partial charge on any atom is -0.743 e. The van der Waals surface area contributed by atoms with Gasteiger partial charge in [-0.15, -0.1) is 0 Å². The minimum absolute atomic E-state index is 0.0278. The Morgan fingerprint density at radius 1 is 1.00 bits per heavy atom. The largest absolute Gasteiger partial charge is 0.743 e. The molecule has 1 N–H and O–H groups in total. The molecule has 2 aliphatic rings. The van der Waals surface area contributed by atoms with E-state index in [4.69, 9.17) is 4.74 Å². The van der Waals surface area contributed by atoms with Crippen molar-refractivity contribution in [1.29, 1.82) is 0 Å². The Hall–Kier alpha value is -0.960. The van der Waals surface area contributed by atoms with Crippen molar-refractivity contribution < 1.29 is 31.3 Å². The highest BCUT2D eigenvalue weighted by Crippen LogP contribution is 2.44. The van der Waals surface area contributed by atoms with Crippen LogP contribution in [0.1, 0.15) is 83.5 Å². The molecule has 0 spiro atoms. The third-order valence-corrected chi connectivity index (χ3v) is 6.94. The van der Waals surface area contributed by atoms with Gasteiger partial charge in [-0.05, 0) is 43.9 Å². The molecule has 2 saturated carbocycles. The number of alkyl halides is 2. The summed E-state index contributed by atoms with van der Waals surface area (Å²) < 4.78 is 62.2. The molecule has 0 heterocycles. The molecular weight excluding hydrogens is 392 g/mol. The van der Waals surface area contributed by atoms with Crippen LogP contribution in [-0.4, -0.2) is 37.0 Å². The molecular formula is C19H32F2NO5S-. The lowest BCUT2D eigenvalue weighted by Gasteiger charge is -2.22. The maximum atomic E-state index is 12.9. The summed E-state index contributed by atoms with van der Waals surface area (Å²) in [6.45, 7) is 0.408. The predicted octanol–water partition coefficient (Wildman–Crippen LogP) is 4.55. The molecule has 9 heteroatoms. The highest BCUT2D eigenvalue weighted by atomic mass is 32.2. The van der Waals surface area contributed by atoms with E-state index in [9.17, 15) is 26.5 Å². The number of amides is 1. The van der Waals surface area contributed by atoms with E-state index in [1.807, 2.05) is 0 Å². The van der Waals surface area contributed by atoms with Gasteiger partial charge in [0, 0.05) is 12.5 Å². The zero-order valence-electron chi connectivity index (χ0n) is 16.3. The third-order valence-electron chi connectivity index (χ3n) is 6.00. The zero-order valence-corrected chi connectivity index (χ0v) is 17.2. The summed E-state index contributed by atoms with van der Waals surface area (Å²) >= 11 is 0. The Kier molecular flexibility index (Phi) is 8.92. The quantitative estimate of drug-likeness (QED) is 0.346. The molecule has 3 unspecified atom stereocenters. The zero-order chi connectivity index (χ0) is 20.6. The molecule has 2 rings (SSSR count). The molecule has 0 aliphatic heterocycles. The lowest BCUT2D eigenvalue weighted by molar-refractivity contribution is 0.0670. The van der Waals surface area contributed by atoms with Gasteiger partial charge in [-0.2, -0.15) is 8.78 Å². The van der Waals surface area contributed by atoms with Crippen molar-refractivity contribution in [1.82, 2.24) is 5.32 Å². The Labute approximate surface area is 166 Å². The molecule has 0 radical (unpaired) electrons. The van der Waals surface area contributed by atoms with E-state index in [1.54, 1.807) is 0 Å². The van der Waals surface area contributed by atoms with Crippen LogP contribution < -0.4 is 5.32 Å². The molecule has 0 saturated heterocycles. The summed E-state index contributed by atoms with van der Waals surface area (Å²) in [6, 6.07) is 0.292. The highest BCUT2D eigenvalue weighted by molar-refractivity contribution is 7.86. The van der Waals surface area contributed by atoms with Crippen LogP contribution in [0.25, 0.3) is 0 Å². The molecule has 0 aromatic heterocycles. The Bertz CT molecular complexity index is 599. The molecule has 6 nitrogen and oxygen atoms in total. The van der Waals surface area contributed by atoms with E-state index in [0.29, 0.717) is 25.0 Å². The van der Waals surface area contributed by atoms with Gasteiger partial charge in [-0.3, -0.25) is 0 Å². The first kappa shape index (κ1) is 23.3. The number of rotatable bonds is 13. The van der Waals surface area contributed by atoms with Gasteiger partial charge in [0.15, 0.2) is 10.1 Å². The standard InChI is InChI=1S/C19H33F2NO5S/c20-19(21,28(24,25)26)11-7-5-3-1-2-4-6-8-12-27-18(23)22-17-14-15-9-10-16(17)13-15/h15-17H,1-14H2,(H,22,23)(H,24,25,26)/p-1. The van der Waals surface area contributed by atoms with Crippen LogP contribution in [0.5, 0.6) is 0 Å². The second-order valence-corrected chi connectivity index (χ2v) is 9.74. The van der Waals surface area contributed by atoms with E-state index >= 15 is 0 Å². The fraction of sp³-hybridized carbons (Fsp3) is 0.947. The molecule has 2 bridgehead atoms. The molecule has 1 amide bonds. The van der Waals surface area contributed by atoms with Crippen LogP contribution in [0.2, 0.25) is 0 Å². The average molecular weight is 425 g/mol. The first-order chi connectivity index (χ1) is 13.2. The van der Waals surface area contributed by atoms with E-state index in [1.165, 1.54) is 19.3 Å². The van der Waals surface area contributed by atoms with Gasteiger partial charge in [-0.1, -0.05) is 44.9 Å². The number of hydrogen-bond acceptors (Lipinski definition) is 5. The van der Waals surface area contributed by atoms with Crippen LogP contribution in [0, 0.1) is 11.8 Å². The smallest absolute Gasteiger partial charge is 0.407 e. The van der Waals surface area contributed by atoms with Gasteiger partial charge in [-0.25, -0.2) is 13.2 Å². The van der Waals surface area contributed by atoms with Gasteiger partial charge in [0.05, 0.1) is 6.61 Å². The number of carbonyl (C=O) groups is 1. The van der Waals surface area contributed by atoms with Crippen LogP contribution in [0.15, 0.2) is 0 Å². The van der Waals surface area contributed by atoms with Gasteiger partial charge in [0.2, 0.25) is 0 Å². The molecule has 28 heavy (non-hydrogen) atoms. The van der Waals surface area contributed by atoms with E-state index in [-0.39, 0.29) is 12.5 Å². The minimum atomic E-state index is -5.55. The lowest BCUT2D eigenvalue weighted by Crippen LogP contribution is -2.38. The maximum Gasteiger partial charge on any atom is 0.407 e. The topological polar surface area (TPSA) is 95.5 Å². The summed E-state index contributed by atoms with van der Waals surface area (Å²) in [5, 5.41) is -1.17. The van der Waals surface area contributed by atoms with Crippen molar-refractivity contribution in [2.75, 3.05) is 6.61 Å². The van der Waals surface area contributed by atoms with Crippen molar-refractivity contribution in [2.24, 2.45) is 11.8 Å². The number of ether oxygens (including phenoxy) is 1. The number of halogens is 2. The van der Waals surface area contributed by atoms with Crippen molar-refractivity contribution in [3.05, 3.63) is 0 Å². The van der Waals surface area contributed by atoms with Gasteiger partial charge < -0.3 is 14.6 Å². The van der Waals surface area contributed by atoms with Crippen LogP contribution in [0.3, 0.4) is 0 Å². The highest BCUT2D eigenvalue weighted by Gasteiger charge is 2.40. The second-order valence-electron chi connectivity index (χ2n) is 8.23. The van der Waals surface area contributed by atoms with Crippen molar-refractivity contribution in [3.8, 4) is 0 Å². The number of fused-ring (bicyclic) bond motifs is 2. The summed E-state index contributed by atoms with van der Waals surface area (Å²) in [4.78, 5) is 11.8. The van der Waals surface area contributed by atoms with E-state index in [0.717, 1.165) is 50.9 Å². The van der Waals surface area contributed by atoms with Crippen molar-refractivity contribution >= 4 is 16.2 Å². The van der Waals surface area contributed by atoms with Gasteiger partial charge in [0.1, 0.15) is 0 Å². The van der Waals surface area contributed by atoms with Crippen molar-refractivity contribution in [3.63, 3.8) is 0 Å². The number of alkyl carbamates (subject to hydrolysis) is 1. The van der Waals surface area contributed by atoms with Crippen molar-refractivity contribution in [2.45, 2.75) is 94.8 Å². The number of unbranched alkanes of at least 4 members (excludes halogenated alkanes) is 7. The molecule has 2 aliphatic carbocycles. The fourth-order valence-electron chi connectivity index (χ4n) is 4.40. The van der Waals surface area contributed by atoms with E-state index in [2.05, 4.69) is 5.32 Å². The molecule has 0 aromatic carbocycles. The lowest BCUT2D eigenvalue weighted by atomic mass is 9.96. The normalized spacial score (nSPS) is 24.5.